The SMILES string of the molecule is CCC/C=C(/c1ccc(C2(c3ccc(-c4nc(C5=CCCC=C5)nc(-c5cccc6ccccc56)n4)cc3)CCCCC2)cc1)c1ccccc1C. The van der Waals surface area contributed by atoms with Crippen LogP contribution in [0.25, 0.3) is 44.7 Å². The molecular weight excluding hydrogens is 631 g/mol. The van der Waals surface area contributed by atoms with Crippen molar-refractivity contribution in [2.24, 2.45) is 0 Å². The number of nitrogens with zero attached hydrogens (tertiary/aromatic N) is 3. The number of fused-ring (bicyclic) bond motifs is 1. The van der Waals surface area contributed by atoms with E-state index in [9.17, 15) is 0 Å². The predicted octanol–water partition coefficient (Wildman–Crippen LogP) is 12.9. The van der Waals surface area contributed by atoms with Crippen LogP contribution >= 0.6 is 0 Å². The van der Waals surface area contributed by atoms with Crippen molar-refractivity contribution >= 4 is 21.9 Å². The zero-order valence-electron chi connectivity index (χ0n) is 30.5. The van der Waals surface area contributed by atoms with Crippen molar-refractivity contribution < 1.29 is 0 Å². The van der Waals surface area contributed by atoms with Gasteiger partial charge in [0.1, 0.15) is 0 Å². The Morgan fingerprint density at radius 1 is 0.673 bits per heavy atom. The fourth-order valence-corrected chi connectivity index (χ4v) is 8.31. The van der Waals surface area contributed by atoms with Gasteiger partial charge in [0.25, 0.3) is 0 Å². The molecule has 1 heterocycles. The van der Waals surface area contributed by atoms with Crippen LogP contribution in [0.3, 0.4) is 0 Å². The summed E-state index contributed by atoms with van der Waals surface area (Å²) in [6, 6.07) is 42.3. The summed E-state index contributed by atoms with van der Waals surface area (Å²) in [5, 5.41) is 2.33. The second-order valence-electron chi connectivity index (χ2n) is 14.5. The van der Waals surface area contributed by atoms with Gasteiger partial charge in [0.2, 0.25) is 0 Å². The Morgan fingerprint density at radius 2 is 1.37 bits per heavy atom. The predicted molar refractivity (Wildman–Crippen MR) is 218 cm³/mol. The molecule has 0 amide bonds. The molecule has 6 aromatic rings. The molecule has 5 aromatic carbocycles. The number of hydrogen-bond donors (Lipinski definition) is 0. The molecule has 0 saturated heterocycles. The minimum absolute atomic E-state index is 0.0126. The molecule has 1 fully saturated rings. The van der Waals surface area contributed by atoms with Gasteiger partial charge in [0.15, 0.2) is 17.5 Å². The third kappa shape index (κ3) is 6.68. The van der Waals surface area contributed by atoms with Crippen molar-refractivity contribution in [3.8, 4) is 22.8 Å². The van der Waals surface area contributed by atoms with Crippen LogP contribution in [0.15, 0.2) is 140 Å². The van der Waals surface area contributed by atoms with E-state index in [1.165, 1.54) is 58.0 Å². The van der Waals surface area contributed by atoms with Gasteiger partial charge in [-0.05, 0) is 83.2 Å². The number of aryl methyl sites for hydroxylation is 1. The summed E-state index contributed by atoms with van der Waals surface area (Å²) in [5.41, 5.74) is 11.2. The lowest BCUT2D eigenvalue weighted by molar-refractivity contribution is 0.346. The Labute approximate surface area is 308 Å². The Bertz CT molecular complexity index is 2280. The number of benzene rings is 5. The summed E-state index contributed by atoms with van der Waals surface area (Å²) in [6.07, 6.45) is 19.4. The summed E-state index contributed by atoms with van der Waals surface area (Å²) < 4.78 is 0. The Morgan fingerprint density at radius 3 is 2.12 bits per heavy atom. The summed E-state index contributed by atoms with van der Waals surface area (Å²) in [4.78, 5) is 15.3. The van der Waals surface area contributed by atoms with Gasteiger partial charge in [-0.2, -0.15) is 0 Å². The number of hydrogen-bond acceptors (Lipinski definition) is 3. The highest BCUT2D eigenvalue weighted by atomic mass is 15.0. The van der Waals surface area contributed by atoms with E-state index in [4.69, 9.17) is 15.0 Å². The monoisotopic (exact) mass is 677 g/mol. The summed E-state index contributed by atoms with van der Waals surface area (Å²) in [6.45, 7) is 4.47. The van der Waals surface area contributed by atoms with Crippen LogP contribution in [0, 0.1) is 6.92 Å². The molecule has 8 rings (SSSR count). The minimum Gasteiger partial charge on any atom is -0.208 e. The van der Waals surface area contributed by atoms with Crippen molar-refractivity contribution in [3.63, 3.8) is 0 Å². The molecule has 0 radical (unpaired) electrons. The third-order valence-corrected chi connectivity index (χ3v) is 11.1. The van der Waals surface area contributed by atoms with Crippen LogP contribution in [0.2, 0.25) is 0 Å². The molecule has 0 aliphatic heterocycles. The van der Waals surface area contributed by atoms with E-state index < -0.39 is 0 Å². The van der Waals surface area contributed by atoms with Crippen LogP contribution in [-0.4, -0.2) is 15.0 Å². The van der Waals surface area contributed by atoms with Gasteiger partial charge < -0.3 is 0 Å². The Hall–Kier alpha value is -5.41. The van der Waals surface area contributed by atoms with Gasteiger partial charge in [-0.15, -0.1) is 0 Å². The zero-order valence-corrected chi connectivity index (χ0v) is 30.5. The maximum absolute atomic E-state index is 5.14. The maximum atomic E-state index is 5.14. The van der Waals surface area contributed by atoms with Gasteiger partial charge in [-0.1, -0.05) is 172 Å². The van der Waals surface area contributed by atoms with Crippen molar-refractivity contribution in [3.05, 3.63) is 173 Å². The Balaban J connectivity index is 1.17. The second kappa shape index (κ2) is 15.1. The molecule has 2 aliphatic carbocycles. The standard InChI is InChI=1S/C49H47N3/c1-3-4-21-43(42-22-11-9-16-35(42)2)37-25-29-40(30-26-37)49(33-13-6-14-34-49)41-31-27-39(28-32-41)47-50-46(38-18-7-5-8-19-38)51-48(52-47)45-24-15-20-36-17-10-12-23-44(36)45/h7,9-12,15-32H,3-6,8,13-14,33-34H2,1-2H3/b43-21-. The second-order valence-corrected chi connectivity index (χ2v) is 14.5. The van der Waals surface area contributed by atoms with E-state index in [2.05, 4.69) is 153 Å². The van der Waals surface area contributed by atoms with E-state index in [1.807, 2.05) is 0 Å². The molecule has 1 saturated carbocycles. The highest BCUT2D eigenvalue weighted by Crippen LogP contribution is 2.46. The van der Waals surface area contributed by atoms with E-state index in [1.54, 1.807) is 0 Å². The largest absolute Gasteiger partial charge is 0.208 e. The van der Waals surface area contributed by atoms with E-state index in [-0.39, 0.29) is 5.41 Å². The van der Waals surface area contributed by atoms with Crippen LogP contribution < -0.4 is 0 Å². The lowest BCUT2D eigenvalue weighted by Gasteiger charge is -2.39. The topological polar surface area (TPSA) is 38.7 Å². The van der Waals surface area contributed by atoms with Crippen molar-refractivity contribution in [2.45, 2.75) is 77.0 Å². The van der Waals surface area contributed by atoms with E-state index in [0.29, 0.717) is 11.6 Å². The normalized spacial score (nSPS) is 15.8. The number of allylic oxidation sites excluding steroid dienone is 5. The molecule has 1 aromatic heterocycles. The van der Waals surface area contributed by atoms with Gasteiger partial charge in [-0.25, -0.2) is 15.0 Å². The molecule has 52 heavy (non-hydrogen) atoms. The first-order valence-electron chi connectivity index (χ1n) is 19.2. The quantitative estimate of drug-likeness (QED) is 0.153. The molecule has 0 N–H and O–H groups in total. The molecule has 0 spiro atoms. The van der Waals surface area contributed by atoms with E-state index >= 15 is 0 Å². The molecule has 3 nitrogen and oxygen atoms in total. The third-order valence-electron chi connectivity index (χ3n) is 11.1. The first-order valence-corrected chi connectivity index (χ1v) is 19.2. The highest BCUT2D eigenvalue weighted by molar-refractivity contribution is 5.95. The van der Waals surface area contributed by atoms with Crippen LogP contribution in [-0.2, 0) is 5.41 Å². The highest BCUT2D eigenvalue weighted by Gasteiger charge is 2.35. The molecule has 0 bridgehead atoms. The lowest BCUT2D eigenvalue weighted by Crippen LogP contribution is -2.30. The number of unbranched alkanes of at least 4 members (excludes halogenated alkanes) is 1. The first kappa shape index (κ1) is 33.7. The fraction of sp³-hybridized carbons (Fsp3) is 0.245. The maximum Gasteiger partial charge on any atom is 0.164 e. The summed E-state index contributed by atoms with van der Waals surface area (Å²) >= 11 is 0. The lowest BCUT2D eigenvalue weighted by atomic mass is 9.65. The van der Waals surface area contributed by atoms with Crippen LogP contribution in [0.5, 0.6) is 0 Å². The van der Waals surface area contributed by atoms with Crippen molar-refractivity contribution in [2.75, 3.05) is 0 Å². The molecule has 3 heteroatoms. The number of rotatable bonds is 9. The molecular formula is C49H47N3. The summed E-state index contributed by atoms with van der Waals surface area (Å²) in [5.74, 6) is 2.15. The van der Waals surface area contributed by atoms with Gasteiger partial charge in [-0.3, -0.25) is 0 Å². The van der Waals surface area contributed by atoms with Gasteiger partial charge in [0.05, 0.1) is 0 Å². The molecule has 258 valence electrons. The molecule has 2 aliphatic rings. The fourth-order valence-electron chi connectivity index (χ4n) is 8.31. The smallest absolute Gasteiger partial charge is 0.164 e. The van der Waals surface area contributed by atoms with Gasteiger partial charge in [0, 0.05) is 22.1 Å². The van der Waals surface area contributed by atoms with Gasteiger partial charge >= 0.3 is 0 Å². The summed E-state index contributed by atoms with van der Waals surface area (Å²) in [7, 11) is 0. The average molecular weight is 678 g/mol. The zero-order chi connectivity index (χ0) is 35.3. The minimum atomic E-state index is -0.0126. The van der Waals surface area contributed by atoms with E-state index in [0.717, 1.165) is 66.4 Å². The average Bonchev–Trinajstić information content (AvgIpc) is 3.22. The van der Waals surface area contributed by atoms with Crippen molar-refractivity contribution in [1.82, 2.24) is 15.0 Å². The number of aromatic nitrogens is 3. The Kier molecular flexibility index (Phi) is 9.76. The first-order chi connectivity index (χ1) is 25.6. The molecule has 0 atom stereocenters. The van der Waals surface area contributed by atoms with Crippen molar-refractivity contribution in [1.29, 1.82) is 0 Å². The van der Waals surface area contributed by atoms with Crippen LogP contribution in [0.4, 0.5) is 0 Å². The molecule has 0 unspecified atom stereocenters. The van der Waals surface area contributed by atoms with Crippen LogP contribution in [0.1, 0.15) is 98.4 Å².